The second kappa shape index (κ2) is 8.34. The van der Waals surface area contributed by atoms with Crippen LogP contribution in [0.15, 0.2) is 60.7 Å². The summed E-state index contributed by atoms with van der Waals surface area (Å²) in [5, 5.41) is 7.48. The first-order valence-electron chi connectivity index (χ1n) is 8.69. The predicted octanol–water partition coefficient (Wildman–Crippen LogP) is 3.36. The Kier molecular flexibility index (Phi) is 5.69. The summed E-state index contributed by atoms with van der Waals surface area (Å²) < 4.78 is 7.38. The van der Waals surface area contributed by atoms with Crippen molar-refractivity contribution in [2.24, 2.45) is 0 Å². The zero-order valence-corrected chi connectivity index (χ0v) is 15.1. The van der Waals surface area contributed by atoms with E-state index in [1.807, 2.05) is 60.1 Å². The van der Waals surface area contributed by atoms with Crippen LogP contribution in [-0.2, 0) is 11.3 Å². The molecule has 134 valence electrons. The fourth-order valence-corrected chi connectivity index (χ4v) is 2.96. The molecule has 0 aliphatic heterocycles. The van der Waals surface area contributed by atoms with Crippen LogP contribution < -0.4 is 10.1 Å². The van der Waals surface area contributed by atoms with Crippen LogP contribution in [0.25, 0.3) is 11.1 Å². The minimum Gasteiger partial charge on any atom is -0.484 e. The molecule has 0 spiro atoms. The van der Waals surface area contributed by atoms with Gasteiger partial charge in [-0.05, 0) is 31.5 Å². The van der Waals surface area contributed by atoms with Crippen molar-refractivity contribution in [3.8, 4) is 16.9 Å². The lowest BCUT2D eigenvalue weighted by Gasteiger charge is -2.09. The number of ether oxygens (including phenoxy) is 1. The Labute approximate surface area is 153 Å². The van der Waals surface area contributed by atoms with Crippen LogP contribution >= 0.6 is 0 Å². The molecule has 1 amide bonds. The topological polar surface area (TPSA) is 56.2 Å². The lowest BCUT2D eigenvalue weighted by molar-refractivity contribution is -0.123. The maximum absolute atomic E-state index is 11.9. The van der Waals surface area contributed by atoms with E-state index < -0.39 is 0 Å². The van der Waals surface area contributed by atoms with E-state index in [-0.39, 0.29) is 12.5 Å². The van der Waals surface area contributed by atoms with Gasteiger partial charge >= 0.3 is 0 Å². The summed E-state index contributed by atoms with van der Waals surface area (Å²) in [6.45, 7) is 5.21. The van der Waals surface area contributed by atoms with E-state index in [1.54, 1.807) is 0 Å². The number of amides is 1. The van der Waals surface area contributed by atoms with Gasteiger partial charge in [0.15, 0.2) is 6.61 Å². The van der Waals surface area contributed by atoms with Gasteiger partial charge in [-0.1, -0.05) is 48.5 Å². The molecular formula is C21H23N3O2. The molecule has 1 aromatic heterocycles. The molecule has 0 fully saturated rings. The molecule has 0 unspecified atom stereocenters. The maximum atomic E-state index is 11.9. The van der Waals surface area contributed by atoms with E-state index in [0.29, 0.717) is 18.8 Å². The van der Waals surface area contributed by atoms with Gasteiger partial charge in [-0.3, -0.25) is 9.48 Å². The summed E-state index contributed by atoms with van der Waals surface area (Å²) in [5.41, 5.74) is 4.41. The summed E-state index contributed by atoms with van der Waals surface area (Å²) in [4.78, 5) is 11.9. The van der Waals surface area contributed by atoms with Crippen LogP contribution in [0.5, 0.6) is 5.75 Å². The number of nitrogens with one attached hydrogen (secondary N) is 1. The lowest BCUT2D eigenvalue weighted by Crippen LogP contribution is -2.32. The van der Waals surface area contributed by atoms with Gasteiger partial charge < -0.3 is 10.1 Å². The minimum atomic E-state index is -0.140. The molecule has 1 N–H and O–H groups in total. The van der Waals surface area contributed by atoms with Gasteiger partial charge in [-0.15, -0.1) is 0 Å². The molecule has 1 heterocycles. The zero-order chi connectivity index (χ0) is 18.4. The molecule has 5 heteroatoms. The lowest BCUT2D eigenvalue weighted by atomic mass is 10.0. The van der Waals surface area contributed by atoms with Gasteiger partial charge in [0.1, 0.15) is 5.75 Å². The number of carbonyl (C=O) groups excluding carboxylic acids is 1. The number of hydrogen-bond acceptors (Lipinski definition) is 3. The van der Waals surface area contributed by atoms with E-state index in [1.165, 1.54) is 0 Å². The molecule has 0 atom stereocenters. The number of hydrogen-bond donors (Lipinski definition) is 1. The summed E-state index contributed by atoms with van der Waals surface area (Å²) in [6, 6.07) is 19.5. The van der Waals surface area contributed by atoms with Crippen LogP contribution in [0.2, 0.25) is 0 Å². The smallest absolute Gasteiger partial charge is 0.258 e. The highest BCUT2D eigenvalue weighted by molar-refractivity contribution is 5.77. The first-order valence-corrected chi connectivity index (χ1v) is 8.69. The van der Waals surface area contributed by atoms with Crippen molar-refractivity contribution in [3.05, 3.63) is 72.1 Å². The fraction of sp³-hybridized carbons (Fsp3) is 0.238. The quantitative estimate of drug-likeness (QED) is 0.711. The number of aromatic nitrogens is 2. The Balaban J connectivity index is 1.53. The number of nitrogens with zero attached hydrogens (tertiary/aromatic N) is 2. The molecule has 0 saturated carbocycles. The standard InChI is InChI=1S/C21H23N3O2/c1-16-21(18-9-5-3-6-10-18)17(2)24(23-16)14-13-22-20(25)15-26-19-11-7-4-8-12-19/h3-12H,13-15H2,1-2H3,(H,22,25). The maximum Gasteiger partial charge on any atom is 0.258 e. The van der Waals surface area contributed by atoms with Gasteiger partial charge in [-0.2, -0.15) is 5.10 Å². The molecule has 3 aromatic rings. The van der Waals surface area contributed by atoms with Crippen molar-refractivity contribution < 1.29 is 9.53 Å². The molecule has 0 aliphatic carbocycles. The van der Waals surface area contributed by atoms with Crippen molar-refractivity contribution in [1.29, 1.82) is 0 Å². The first-order chi connectivity index (χ1) is 12.6. The highest BCUT2D eigenvalue weighted by Crippen LogP contribution is 2.26. The summed E-state index contributed by atoms with van der Waals surface area (Å²) in [6.07, 6.45) is 0. The third kappa shape index (κ3) is 4.30. The monoisotopic (exact) mass is 349 g/mol. The Morgan fingerprint density at radius 3 is 2.38 bits per heavy atom. The van der Waals surface area contributed by atoms with Gasteiger partial charge in [0.25, 0.3) is 5.91 Å². The highest BCUT2D eigenvalue weighted by atomic mass is 16.5. The number of aryl methyl sites for hydroxylation is 1. The number of benzene rings is 2. The van der Waals surface area contributed by atoms with Crippen LogP contribution in [0.1, 0.15) is 11.4 Å². The van der Waals surface area contributed by atoms with Crippen LogP contribution in [0, 0.1) is 13.8 Å². The van der Waals surface area contributed by atoms with Crippen molar-refractivity contribution in [2.45, 2.75) is 20.4 Å². The molecule has 0 radical (unpaired) electrons. The average molecular weight is 349 g/mol. The second-order valence-corrected chi connectivity index (χ2v) is 6.09. The molecule has 26 heavy (non-hydrogen) atoms. The second-order valence-electron chi connectivity index (χ2n) is 6.09. The van der Waals surface area contributed by atoms with Gasteiger partial charge in [0.2, 0.25) is 0 Å². The zero-order valence-electron chi connectivity index (χ0n) is 15.1. The third-order valence-electron chi connectivity index (χ3n) is 4.20. The number of rotatable bonds is 7. The van der Waals surface area contributed by atoms with Gasteiger partial charge in [-0.25, -0.2) is 0 Å². The Morgan fingerprint density at radius 1 is 1.04 bits per heavy atom. The predicted molar refractivity (Wildman–Crippen MR) is 102 cm³/mol. The number of carbonyl (C=O) groups is 1. The average Bonchev–Trinajstić information content (AvgIpc) is 2.95. The number of para-hydroxylation sites is 1. The Bertz CT molecular complexity index is 858. The fourth-order valence-electron chi connectivity index (χ4n) is 2.96. The molecule has 0 aliphatic rings. The van der Waals surface area contributed by atoms with E-state index in [9.17, 15) is 4.79 Å². The molecule has 3 rings (SSSR count). The Morgan fingerprint density at radius 2 is 1.69 bits per heavy atom. The van der Waals surface area contributed by atoms with Gasteiger partial charge in [0, 0.05) is 17.8 Å². The van der Waals surface area contributed by atoms with Crippen molar-refractivity contribution in [1.82, 2.24) is 15.1 Å². The van der Waals surface area contributed by atoms with E-state index in [0.717, 1.165) is 22.5 Å². The highest BCUT2D eigenvalue weighted by Gasteiger charge is 2.13. The molecule has 0 bridgehead atoms. The normalized spacial score (nSPS) is 10.5. The summed E-state index contributed by atoms with van der Waals surface area (Å²) in [7, 11) is 0. The van der Waals surface area contributed by atoms with E-state index in [2.05, 4.69) is 29.5 Å². The molecule has 5 nitrogen and oxygen atoms in total. The van der Waals surface area contributed by atoms with E-state index in [4.69, 9.17) is 4.74 Å². The Hall–Kier alpha value is -3.08. The summed E-state index contributed by atoms with van der Waals surface area (Å²) >= 11 is 0. The van der Waals surface area contributed by atoms with Crippen molar-refractivity contribution >= 4 is 5.91 Å². The third-order valence-corrected chi connectivity index (χ3v) is 4.20. The van der Waals surface area contributed by atoms with Crippen molar-refractivity contribution in [2.75, 3.05) is 13.2 Å². The largest absolute Gasteiger partial charge is 0.484 e. The SMILES string of the molecule is Cc1nn(CCNC(=O)COc2ccccc2)c(C)c1-c1ccccc1. The molecule has 0 saturated heterocycles. The van der Waals surface area contributed by atoms with E-state index >= 15 is 0 Å². The van der Waals surface area contributed by atoms with Crippen LogP contribution in [0.3, 0.4) is 0 Å². The summed E-state index contributed by atoms with van der Waals surface area (Å²) in [5.74, 6) is 0.548. The van der Waals surface area contributed by atoms with Crippen molar-refractivity contribution in [3.63, 3.8) is 0 Å². The molecule has 2 aromatic carbocycles. The minimum absolute atomic E-state index is 0.0103. The first kappa shape index (κ1) is 17.7. The van der Waals surface area contributed by atoms with Gasteiger partial charge in [0.05, 0.1) is 12.2 Å². The van der Waals surface area contributed by atoms with Crippen LogP contribution in [0.4, 0.5) is 0 Å². The molecular weight excluding hydrogens is 326 g/mol. The van der Waals surface area contributed by atoms with Crippen LogP contribution in [-0.4, -0.2) is 28.8 Å².